The number of halogens is 2. The van der Waals surface area contributed by atoms with Gasteiger partial charge in [-0.2, -0.15) is 0 Å². The summed E-state index contributed by atoms with van der Waals surface area (Å²) in [6.45, 7) is 4.85. The van der Waals surface area contributed by atoms with Crippen molar-refractivity contribution in [1.82, 2.24) is 9.88 Å². The summed E-state index contributed by atoms with van der Waals surface area (Å²) in [5.41, 5.74) is 5.89. The Hall–Kier alpha value is -1.04. The van der Waals surface area contributed by atoms with Gasteiger partial charge in [-0.15, -0.1) is 12.4 Å². The molecule has 0 aliphatic carbocycles. The van der Waals surface area contributed by atoms with Gasteiger partial charge < -0.3 is 15.5 Å². The number of anilines is 1. The van der Waals surface area contributed by atoms with Crippen molar-refractivity contribution < 1.29 is 4.79 Å². The van der Waals surface area contributed by atoms with Crippen molar-refractivity contribution >= 4 is 35.7 Å². The standard InChI is InChI=1S/C14H21ClN4O.ClH/c1-2-4-12(16)14(20)19-9-7-18(8-10-19)13-11(15)5-3-6-17-13;/h3,5-6,12H,2,4,7-10,16H2,1H3;1H. The van der Waals surface area contributed by atoms with Crippen molar-refractivity contribution in [1.29, 1.82) is 0 Å². The molecule has 0 aromatic carbocycles. The summed E-state index contributed by atoms with van der Waals surface area (Å²) >= 11 is 6.14. The summed E-state index contributed by atoms with van der Waals surface area (Å²) in [4.78, 5) is 20.4. The number of amides is 1. The first-order valence-electron chi connectivity index (χ1n) is 7.03. The van der Waals surface area contributed by atoms with Gasteiger partial charge in [0.05, 0.1) is 11.1 Å². The van der Waals surface area contributed by atoms with Gasteiger partial charge in [-0.3, -0.25) is 4.79 Å². The Labute approximate surface area is 136 Å². The number of rotatable bonds is 4. The highest BCUT2D eigenvalue weighted by atomic mass is 35.5. The van der Waals surface area contributed by atoms with Gasteiger partial charge in [0.2, 0.25) is 5.91 Å². The molecule has 1 aliphatic heterocycles. The molecule has 0 radical (unpaired) electrons. The Morgan fingerprint density at radius 1 is 1.43 bits per heavy atom. The average molecular weight is 333 g/mol. The van der Waals surface area contributed by atoms with Crippen LogP contribution in [0, 0.1) is 0 Å². The third-order valence-corrected chi connectivity index (χ3v) is 3.84. The van der Waals surface area contributed by atoms with E-state index in [1.54, 1.807) is 6.20 Å². The fourth-order valence-corrected chi connectivity index (χ4v) is 2.66. The second-order valence-corrected chi connectivity index (χ2v) is 5.42. The van der Waals surface area contributed by atoms with Crippen molar-refractivity contribution in [2.75, 3.05) is 31.1 Å². The van der Waals surface area contributed by atoms with Crippen LogP contribution in [0.25, 0.3) is 0 Å². The molecule has 5 nitrogen and oxygen atoms in total. The number of piperazine rings is 1. The molecule has 1 unspecified atom stereocenters. The molecular formula is C14H22Cl2N4O. The lowest BCUT2D eigenvalue weighted by Crippen LogP contribution is -2.53. The Kier molecular flexibility index (Phi) is 7.22. The summed E-state index contributed by atoms with van der Waals surface area (Å²) in [5, 5.41) is 0.648. The zero-order chi connectivity index (χ0) is 14.5. The SMILES string of the molecule is CCCC(N)C(=O)N1CCN(c2ncccc2Cl)CC1.Cl. The maximum atomic E-state index is 12.1. The monoisotopic (exact) mass is 332 g/mol. The molecule has 0 bridgehead atoms. The lowest BCUT2D eigenvalue weighted by Gasteiger charge is -2.36. The normalized spacial score (nSPS) is 16.3. The van der Waals surface area contributed by atoms with E-state index in [1.165, 1.54) is 0 Å². The Bertz CT molecular complexity index is 464. The molecule has 118 valence electrons. The fourth-order valence-electron chi connectivity index (χ4n) is 2.42. The molecule has 0 saturated carbocycles. The van der Waals surface area contributed by atoms with Gasteiger partial charge in [-0.1, -0.05) is 24.9 Å². The molecule has 1 atom stereocenters. The highest BCUT2D eigenvalue weighted by molar-refractivity contribution is 6.32. The molecule has 1 aromatic heterocycles. The van der Waals surface area contributed by atoms with Gasteiger partial charge in [0.15, 0.2) is 0 Å². The molecule has 1 saturated heterocycles. The Morgan fingerprint density at radius 2 is 2.10 bits per heavy atom. The number of pyridine rings is 1. The number of hydrogen-bond acceptors (Lipinski definition) is 4. The summed E-state index contributed by atoms with van der Waals surface area (Å²) < 4.78 is 0. The predicted molar refractivity (Wildman–Crippen MR) is 88.2 cm³/mol. The van der Waals surface area contributed by atoms with Crippen LogP contribution in [-0.2, 0) is 4.79 Å². The van der Waals surface area contributed by atoms with E-state index in [0.29, 0.717) is 18.1 Å². The van der Waals surface area contributed by atoms with Gasteiger partial charge in [0.1, 0.15) is 5.82 Å². The highest BCUT2D eigenvalue weighted by Crippen LogP contribution is 2.23. The van der Waals surface area contributed by atoms with E-state index < -0.39 is 0 Å². The maximum Gasteiger partial charge on any atom is 0.239 e. The first kappa shape index (κ1) is 18.0. The van der Waals surface area contributed by atoms with Gasteiger partial charge in [-0.05, 0) is 18.6 Å². The minimum absolute atomic E-state index is 0. The lowest BCUT2D eigenvalue weighted by atomic mass is 10.1. The number of carbonyl (C=O) groups is 1. The van der Waals surface area contributed by atoms with E-state index in [1.807, 2.05) is 24.0 Å². The smallest absolute Gasteiger partial charge is 0.239 e. The molecule has 1 amide bonds. The number of aromatic nitrogens is 1. The molecular weight excluding hydrogens is 311 g/mol. The summed E-state index contributed by atoms with van der Waals surface area (Å²) in [5.74, 6) is 0.845. The van der Waals surface area contributed by atoms with Crippen molar-refractivity contribution in [2.45, 2.75) is 25.8 Å². The third-order valence-electron chi connectivity index (χ3n) is 3.55. The van der Waals surface area contributed by atoms with Gasteiger partial charge >= 0.3 is 0 Å². The van der Waals surface area contributed by atoms with Crippen molar-refractivity contribution in [3.05, 3.63) is 23.4 Å². The first-order valence-corrected chi connectivity index (χ1v) is 7.41. The predicted octanol–water partition coefficient (Wildman–Crippen LogP) is 1.93. The third kappa shape index (κ3) is 4.46. The first-order chi connectivity index (χ1) is 9.63. The molecule has 2 rings (SSSR count). The second kappa shape index (κ2) is 8.41. The minimum Gasteiger partial charge on any atom is -0.352 e. The van der Waals surface area contributed by atoms with Crippen LogP contribution in [0.4, 0.5) is 5.82 Å². The minimum atomic E-state index is -0.370. The molecule has 2 N–H and O–H groups in total. The molecule has 1 fully saturated rings. The second-order valence-electron chi connectivity index (χ2n) is 5.02. The summed E-state index contributed by atoms with van der Waals surface area (Å²) in [6, 6.07) is 3.28. The highest BCUT2D eigenvalue weighted by Gasteiger charge is 2.25. The Morgan fingerprint density at radius 3 is 2.67 bits per heavy atom. The quantitative estimate of drug-likeness (QED) is 0.915. The van der Waals surface area contributed by atoms with Crippen molar-refractivity contribution in [3.8, 4) is 0 Å². The van der Waals surface area contributed by atoms with Crippen LogP contribution in [0.2, 0.25) is 5.02 Å². The fraction of sp³-hybridized carbons (Fsp3) is 0.571. The van der Waals surface area contributed by atoms with Gasteiger partial charge in [0, 0.05) is 32.4 Å². The number of nitrogens with zero attached hydrogens (tertiary/aromatic N) is 3. The Balaban J connectivity index is 0.00000220. The largest absolute Gasteiger partial charge is 0.352 e. The van der Waals surface area contributed by atoms with Gasteiger partial charge in [-0.25, -0.2) is 4.98 Å². The molecule has 1 aromatic rings. The molecule has 2 heterocycles. The van der Waals surface area contributed by atoms with Crippen LogP contribution in [0.3, 0.4) is 0 Å². The van der Waals surface area contributed by atoms with E-state index in [0.717, 1.165) is 31.7 Å². The molecule has 0 spiro atoms. The van der Waals surface area contributed by atoms with E-state index in [4.69, 9.17) is 17.3 Å². The summed E-state index contributed by atoms with van der Waals surface area (Å²) in [6.07, 6.45) is 3.40. The molecule has 1 aliphatic rings. The van der Waals surface area contributed by atoms with E-state index in [9.17, 15) is 4.79 Å². The van der Waals surface area contributed by atoms with Crippen molar-refractivity contribution in [3.63, 3.8) is 0 Å². The van der Waals surface area contributed by atoms with Crippen LogP contribution in [0.15, 0.2) is 18.3 Å². The van der Waals surface area contributed by atoms with Crippen LogP contribution in [0.1, 0.15) is 19.8 Å². The van der Waals surface area contributed by atoms with Crippen LogP contribution in [-0.4, -0.2) is 48.0 Å². The zero-order valence-electron chi connectivity index (χ0n) is 12.2. The molecule has 21 heavy (non-hydrogen) atoms. The van der Waals surface area contributed by atoms with Crippen LogP contribution < -0.4 is 10.6 Å². The van der Waals surface area contributed by atoms with Gasteiger partial charge in [0.25, 0.3) is 0 Å². The number of hydrogen-bond donors (Lipinski definition) is 1. The lowest BCUT2D eigenvalue weighted by molar-refractivity contribution is -0.133. The number of carbonyl (C=O) groups excluding carboxylic acids is 1. The average Bonchev–Trinajstić information content (AvgIpc) is 2.47. The van der Waals surface area contributed by atoms with Crippen LogP contribution in [0.5, 0.6) is 0 Å². The zero-order valence-corrected chi connectivity index (χ0v) is 13.7. The van der Waals surface area contributed by atoms with E-state index >= 15 is 0 Å². The van der Waals surface area contributed by atoms with E-state index in [-0.39, 0.29) is 24.4 Å². The van der Waals surface area contributed by atoms with Crippen molar-refractivity contribution in [2.24, 2.45) is 5.73 Å². The van der Waals surface area contributed by atoms with E-state index in [2.05, 4.69) is 9.88 Å². The molecule has 7 heteroatoms. The maximum absolute atomic E-state index is 12.1. The van der Waals surface area contributed by atoms with Crippen LogP contribution >= 0.6 is 24.0 Å². The summed E-state index contributed by atoms with van der Waals surface area (Å²) in [7, 11) is 0. The topological polar surface area (TPSA) is 62.5 Å². The number of nitrogens with two attached hydrogens (primary N) is 1.